The third kappa shape index (κ3) is 9.37. The van der Waals surface area contributed by atoms with Crippen LogP contribution >= 0.6 is 0 Å². The van der Waals surface area contributed by atoms with Crippen LogP contribution in [-0.2, 0) is 0 Å². The number of fused-ring (bicyclic) bond motifs is 7. The van der Waals surface area contributed by atoms with Gasteiger partial charge in [0, 0.05) is 66.9 Å². The van der Waals surface area contributed by atoms with Gasteiger partial charge in [0.2, 0.25) is 0 Å². The maximum absolute atomic E-state index is 7.24. The first-order valence-corrected chi connectivity index (χ1v) is 27.2. The molecule has 3 heterocycles. The highest BCUT2D eigenvalue weighted by atomic mass is 16.3. The van der Waals surface area contributed by atoms with E-state index in [9.17, 15) is 0 Å². The number of aromatic nitrogens is 4. The molecule has 0 aliphatic heterocycles. The normalized spacial score (nSPS) is 11.9. The Labute approximate surface area is 469 Å². The van der Waals surface area contributed by atoms with E-state index >= 15 is 0 Å². The Morgan fingerprint density at radius 3 is 1.52 bits per heavy atom. The number of nitrogens with zero attached hydrogens (tertiary/aromatic N) is 5. The van der Waals surface area contributed by atoms with Crippen molar-refractivity contribution in [3.05, 3.63) is 320 Å². The lowest BCUT2D eigenvalue weighted by Crippen LogP contribution is -2.18. The van der Waals surface area contributed by atoms with Gasteiger partial charge in [-0.05, 0) is 94.1 Å². The van der Waals surface area contributed by atoms with E-state index in [0.29, 0.717) is 23.0 Å². The summed E-state index contributed by atoms with van der Waals surface area (Å²) >= 11 is 0. The smallest absolute Gasteiger partial charge is 0.164 e. The van der Waals surface area contributed by atoms with Crippen LogP contribution in [0.15, 0.2) is 308 Å². The number of rotatable bonds is 13. The molecule has 0 aliphatic carbocycles. The van der Waals surface area contributed by atoms with Crippen molar-refractivity contribution < 1.29 is 4.42 Å². The summed E-state index contributed by atoms with van der Waals surface area (Å²) in [6, 6.07) is 99.4. The number of hydrogen-bond acceptors (Lipinski definition) is 5. The molecule has 0 fully saturated rings. The van der Waals surface area contributed by atoms with Crippen molar-refractivity contribution in [2.45, 2.75) is 0 Å². The van der Waals surface area contributed by atoms with E-state index in [1.165, 1.54) is 5.39 Å². The molecule has 6 nitrogen and oxygen atoms in total. The van der Waals surface area contributed by atoms with Crippen LogP contribution in [0, 0.1) is 0 Å². The van der Waals surface area contributed by atoms with E-state index < -0.39 is 0 Å². The Kier molecular flexibility index (Phi) is 12.6. The average Bonchev–Trinajstić information content (AvgIpc) is 3.22. The molecule has 0 unspecified atom stereocenters. The van der Waals surface area contributed by atoms with E-state index in [1.807, 2.05) is 66.7 Å². The molecular formula is C75H51N5O. The maximum atomic E-state index is 7.24. The van der Waals surface area contributed by atoms with Crippen LogP contribution in [0.25, 0.3) is 112 Å². The fourth-order valence-corrected chi connectivity index (χ4v) is 11.1. The fraction of sp³-hybridized carbons (Fsp3) is 0. The standard InChI is InChI=1S/C75H51N5O/c1-51(73-76-74(58-26-12-4-13-27-58)78-75(77-73)59-28-14-5-15-29-59)48-67(57-42-40-56(41-43-57)54-24-10-3-11-25-54)69(49-52-36-38-55(39-37-52)53-22-8-2-9-23-53)79(60-30-16-6-17-31-60)62-44-45-64-66-47-46-65-63-34-20-21-35-68(63)80(61-32-18-7-19-33-61)71(65)72(66)81-70(64)50-62/h2-50H,1H2/b67-48-,69-49-. The monoisotopic (exact) mass is 1040 g/mol. The highest BCUT2D eigenvalue weighted by Crippen LogP contribution is 2.44. The molecule has 11 aromatic carbocycles. The largest absolute Gasteiger partial charge is 0.454 e. The van der Waals surface area contributed by atoms with Crippen LogP contribution in [-0.4, -0.2) is 19.5 Å². The summed E-state index contributed by atoms with van der Waals surface area (Å²) in [6.45, 7) is 4.81. The third-order valence-electron chi connectivity index (χ3n) is 15.0. The molecule has 0 bridgehead atoms. The average molecular weight is 1040 g/mol. The van der Waals surface area contributed by atoms with Gasteiger partial charge in [-0.25, -0.2) is 15.0 Å². The minimum atomic E-state index is 0.460. The van der Waals surface area contributed by atoms with Crippen LogP contribution in [0.1, 0.15) is 17.0 Å². The first-order valence-electron chi connectivity index (χ1n) is 27.2. The Bertz CT molecular complexity index is 4590. The zero-order valence-electron chi connectivity index (χ0n) is 44.1. The molecule has 0 N–H and O–H groups in total. The van der Waals surface area contributed by atoms with Gasteiger partial charge in [-0.2, -0.15) is 0 Å². The molecule has 0 saturated heterocycles. The molecule has 14 aromatic rings. The molecular weight excluding hydrogens is 987 g/mol. The van der Waals surface area contributed by atoms with Gasteiger partial charge in [0.05, 0.1) is 16.7 Å². The molecule has 0 amide bonds. The van der Waals surface area contributed by atoms with E-state index in [4.69, 9.17) is 25.9 Å². The summed E-state index contributed by atoms with van der Waals surface area (Å²) in [7, 11) is 0. The van der Waals surface area contributed by atoms with Gasteiger partial charge >= 0.3 is 0 Å². The maximum Gasteiger partial charge on any atom is 0.164 e. The van der Waals surface area contributed by atoms with Gasteiger partial charge in [0.1, 0.15) is 5.58 Å². The van der Waals surface area contributed by atoms with Gasteiger partial charge in [-0.3, -0.25) is 0 Å². The predicted octanol–water partition coefficient (Wildman–Crippen LogP) is 19.5. The van der Waals surface area contributed by atoms with Crippen molar-refractivity contribution in [1.82, 2.24) is 19.5 Å². The highest BCUT2D eigenvalue weighted by molar-refractivity contribution is 6.21. The molecule has 382 valence electrons. The van der Waals surface area contributed by atoms with E-state index in [1.54, 1.807) is 0 Å². The van der Waals surface area contributed by atoms with Gasteiger partial charge in [0.15, 0.2) is 23.1 Å². The van der Waals surface area contributed by atoms with E-state index in [0.717, 1.165) is 111 Å². The van der Waals surface area contributed by atoms with Crippen LogP contribution in [0.2, 0.25) is 0 Å². The first-order chi connectivity index (χ1) is 40.1. The van der Waals surface area contributed by atoms with Gasteiger partial charge < -0.3 is 13.9 Å². The zero-order valence-corrected chi connectivity index (χ0v) is 44.1. The van der Waals surface area contributed by atoms with Crippen molar-refractivity contribution in [2.75, 3.05) is 4.90 Å². The van der Waals surface area contributed by atoms with Gasteiger partial charge in [-0.1, -0.05) is 237 Å². The van der Waals surface area contributed by atoms with Crippen molar-refractivity contribution in [3.63, 3.8) is 0 Å². The summed E-state index contributed by atoms with van der Waals surface area (Å²) in [5.74, 6) is 1.58. The lowest BCUT2D eigenvalue weighted by Gasteiger charge is -2.30. The van der Waals surface area contributed by atoms with Gasteiger partial charge in [-0.15, -0.1) is 0 Å². The number of benzene rings is 11. The molecule has 0 atom stereocenters. The summed E-state index contributed by atoms with van der Waals surface area (Å²) in [4.78, 5) is 17.7. The summed E-state index contributed by atoms with van der Waals surface area (Å²) < 4.78 is 9.57. The Balaban J connectivity index is 1.01. The number of furan rings is 1. The number of para-hydroxylation sites is 3. The second-order valence-electron chi connectivity index (χ2n) is 20.1. The summed E-state index contributed by atoms with van der Waals surface area (Å²) in [5, 5.41) is 4.37. The van der Waals surface area contributed by atoms with E-state index in [2.05, 4.69) is 240 Å². The second kappa shape index (κ2) is 21.1. The van der Waals surface area contributed by atoms with Crippen molar-refractivity contribution in [1.29, 1.82) is 0 Å². The third-order valence-corrected chi connectivity index (χ3v) is 15.0. The Morgan fingerprint density at radius 2 is 0.914 bits per heavy atom. The molecule has 0 spiro atoms. The number of allylic oxidation sites excluding steroid dienone is 3. The number of hydrogen-bond donors (Lipinski definition) is 0. The fourth-order valence-electron chi connectivity index (χ4n) is 11.1. The molecule has 0 radical (unpaired) electrons. The van der Waals surface area contributed by atoms with Crippen LogP contribution in [0.3, 0.4) is 0 Å². The van der Waals surface area contributed by atoms with Crippen LogP contribution < -0.4 is 4.90 Å². The molecule has 0 aliphatic rings. The molecule has 81 heavy (non-hydrogen) atoms. The van der Waals surface area contributed by atoms with Crippen LogP contribution in [0.4, 0.5) is 11.4 Å². The molecule has 0 saturated carbocycles. The molecule has 14 rings (SSSR count). The SMILES string of the molecule is C=C(/C=C(\C(=C\c1ccc(-c2ccccc2)cc1)N(c1ccccc1)c1ccc2c(c1)oc1c2ccc2c3ccccc3n(-c3ccccc3)c21)c1ccc(-c2ccccc2)cc1)c1nc(-c2ccccc2)nc(-c2ccccc2)n1. The highest BCUT2D eigenvalue weighted by Gasteiger charge is 2.25. The summed E-state index contributed by atoms with van der Waals surface area (Å²) in [5.41, 5.74) is 17.3. The first kappa shape index (κ1) is 48.4. The molecule has 3 aromatic heterocycles. The zero-order chi connectivity index (χ0) is 54.1. The second-order valence-corrected chi connectivity index (χ2v) is 20.1. The summed E-state index contributed by atoms with van der Waals surface area (Å²) in [6.07, 6.45) is 4.41. The van der Waals surface area contributed by atoms with Crippen molar-refractivity contribution >= 4 is 72.3 Å². The van der Waals surface area contributed by atoms with Gasteiger partial charge in [0.25, 0.3) is 0 Å². The van der Waals surface area contributed by atoms with Crippen molar-refractivity contribution in [2.24, 2.45) is 0 Å². The molecule has 6 heteroatoms. The topological polar surface area (TPSA) is 60.0 Å². The predicted molar refractivity (Wildman–Crippen MR) is 336 cm³/mol. The minimum Gasteiger partial charge on any atom is -0.454 e. The minimum absolute atomic E-state index is 0.460. The Hall–Kier alpha value is -11.0. The van der Waals surface area contributed by atoms with Crippen molar-refractivity contribution in [3.8, 4) is 50.7 Å². The Morgan fingerprint density at radius 1 is 0.420 bits per heavy atom. The van der Waals surface area contributed by atoms with Crippen LogP contribution in [0.5, 0.6) is 0 Å². The quantitative estimate of drug-likeness (QED) is 0.108. The number of anilines is 2. The lowest BCUT2D eigenvalue weighted by molar-refractivity contribution is 0.671. The lowest BCUT2D eigenvalue weighted by atomic mass is 9.94. The van der Waals surface area contributed by atoms with E-state index in [-0.39, 0.29) is 0 Å².